The minimum absolute atomic E-state index is 0.158. The number of rotatable bonds is 6. The van der Waals surface area contributed by atoms with Crippen LogP contribution >= 0.6 is 0 Å². The third-order valence-electron chi connectivity index (χ3n) is 2.32. The Morgan fingerprint density at radius 1 is 1.56 bits per heavy atom. The molecule has 0 fully saturated rings. The highest BCUT2D eigenvalue weighted by Gasteiger charge is 2.15. The summed E-state index contributed by atoms with van der Waals surface area (Å²) in [5, 5.41) is 31.4. The predicted octanol–water partition coefficient (Wildman–Crippen LogP) is 1.48. The van der Waals surface area contributed by atoms with E-state index < -0.39 is 17.0 Å². The first-order chi connectivity index (χ1) is 8.41. The van der Waals surface area contributed by atoms with Crippen LogP contribution in [0, 0.1) is 10.1 Å². The van der Waals surface area contributed by atoms with Crippen LogP contribution in [-0.4, -0.2) is 33.8 Å². The van der Waals surface area contributed by atoms with Crippen LogP contribution in [-0.2, 0) is 0 Å². The second-order valence-corrected chi connectivity index (χ2v) is 3.86. The Labute approximate surface area is 103 Å². The molecule has 1 rings (SSSR count). The Balaban J connectivity index is 2.90. The minimum Gasteiger partial charge on any atom is -0.478 e. The van der Waals surface area contributed by atoms with Gasteiger partial charge in [0.2, 0.25) is 0 Å². The molecule has 1 unspecified atom stereocenters. The molecule has 0 radical (unpaired) electrons. The number of hydrogen-bond acceptors (Lipinski definition) is 5. The summed E-state index contributed by atoms with van der Waals surface area (Å²) in [7, 11) is 0. The Bertz CT molecular complexity index is 459. The third-order valence-corrected chi connectivity index (χ3v) is 2.32. The zero-order valence-corrected chi connectivity index (χ0v) is 9.79. The molecule has 1 aromatic rings. The van der Waals surface area contributed by atoms with Crippen molar-refractivity contribution >= 4 is 17.3 Å². The highest BCUT2D eigenvalue weighted by atomic mass is 16.6. The number of benzene rings is 1. The molecule has 0 saturated heterocycles. The lowest BCUT2D eigenvalue weighted by atomic mass is 10.1. The molecule has 0 heterocycles. The molecule has 7 heteroatoms. The standard InChI is InChI=1S/C11H14N2O5/c1-7(14)4-5-12-10-3-2-8(13(17)18)6-9(10)11(15)16/h2-3,6-7,12,14H,4-5H2,1H3,(H,15,16). The van der Waals surface area contributed by atoms with Crippen LogP contribution in [0.1, 0.15) is 23.7 Å². The van der Waals surface area contributed by atoms with Crippen molar-refractivity contribution in [2.24, 2.45) is 0 Å². The number of aromatic carboxylic acids is 1. The van der Waals surface area contributed by atoms with Crippen molar-refractivity contribution in [3.63, 3.8) is 0 Å². The molecule has 1 aromatic carbocycles. The van der Waals surface area contributed by atoms with E-state index in [-0.39, 0.29) is 11.3 Å². The van der Waals surface area contributed by atoms with Crippen molar-refractivity contribution in [3.8, 4) is 0 Å². The van der Waals surface area contributed by atoms with Gasteiger partial charge in [-0.05, 0) is 19.4 Å². The molecule has 0 aliphatic heterocycles. The molecule has 18 heavy (non-hydrogen) atoms. The number of aliphatic hydroxyl groups is 1. The van der Waals surface area contributed by atoms with E-state index in [1.165, 1.54) is 12.1 Å². The van der Waals surface area contributed by atoms with E-state index in [1.54, 1.807) is 6.92 Å². The van der Waals surface area contributed by atoms with Crippen molar-refractivity contribution in [1.82, 2.24) is 0 Å². The van der Waals surface area contributed by atoms with Gasteiger partial charge in [0.15, 0.2) is 0 Å². The highest BCUT2D eigenvalue weighted by molar-refractivity contribution is 5.95. The smallest absolute Gasteiger partial charge is 0.338 e. The van der Waals surface area contributed by atoms with Gasteiger partial charge in [-0.1, -0.05) is 0 Å². The SMILES string of the molecule is CC(O)CCNc1ccc([N+](=O)[O-])cc1C(=O)O. The summed E-state index contributed by atoms with van der Waals surface area (Å²) >= 11 is 0. The molecule has 98 valence electrons. The fourth-order valence-electron chi connectivity index (χ4n) is 1.39. The first kappa shape index (κ1) is 13.9. The lowest BCUT2D eigenvalue weighted by Crippen LogP contribution is -2.12. The van der Waals surface area contributed by atoms with E-state index >= 15 is 0 Å². The number of non-ortho nitro benzene ring substituents is 1. The van der Waals surface area contributed by atoms with Crippen molar-refractivity contribution in [2.45, 2.75) is 19.4 Å². The number of nitrogens with zero attached hydrogens (tertiary/aromatic N) is 1. The van der Waals surface area contributed by atoms with Gasteiger partial charge in [0.1, 0.15) is 0 Å². The van der Waals surface area contributed by atoms with E-state index in [2.05, 4.69) is 5.32 Å². The number of carboxylic acid groups (broad SMARTS) is 1. The average Bonchev–Trinajstić information content (AvgIpc) is 2.28. The number of carbonyl (C=O) groups is 1. The zero-order valence-electron chi connectivity index (χ0n) is 9.79. The summed E-state index contributed by atoms with van der Waals surface area (Å²) < 4.78 is 0. The lowest BCUT2D eigenvalue weighted by Gasteiger charge is -2.10. The predicted molar refractivity (Wildman–Crippen MR) is 64.8 cm³/mol. The van der Waals surface area contributed by atoms with E-state index in [0.29, 0.717) is 18.7 Å². The maximum absolute atomic E-state index is 11.0. The monoisotopic (exact) mass is 254 g/mol. The molecule has 0 spiro atoms. The molecule has 1 atom stereocenters. The first-order valence-corrected chi connectivity index (χ1v) is 5.35. The van der Waals surface area contributed by atoms with Crippen molar-refractivity contribution in [3.05, 3.63) is 33.9 Å². The fraction of sp³-hybridized carbons (Fsp3) is 0.364. The molecule has 0 saturated carbocycles. The maximum atomic E-state index is 11.0. The average molecular weight is 254 g/mol. The zero-order chi connectivity index (χ0) is 13.7. The molecule has 0 aliphatic rings. The minimum atomic E-state index is -1.24. The summed E-state index contributed by atoms with van der Waals surface area (Å²) in [4.78, 5) is 20.9. The van der Waals surface area contributed by atoms with Gasteiger partial charge in [-0.3, -0.25) is 10.1 Å². The second-order valence-electron chi connectivity index (χ2n) is 3.86. The van der Waals surface area contributed by atoms with Crippen LogP contribution in [0.15, 0.2) is 18.2 Å². The number of nitro groups is 1. The van der Waals surface area contributed by atoms with Gasteiger partial charge in [-0.15, -0.1) is 0 Å². The van der Waals surface area contributed by atoms with Gasteiger partial charge >= 0.3 is 5.97 Å². The quantitative estimate of drug-likeness (QED) is 0.523. The molecule has 0 bridgehead atoms. The van der Waals surface area contributed by atoms with E-state index in [0.717, 1.165) is 6.07 Å². The second kappa shape index (κ2) is 5.97. The summed E-state index contributed by atoms with van der Waals surface area (Å²) in [5.74, 6) is -1.24. The number of nitrogens with one attached hydrogen (secondary N) is 1. The normalized spacial score (nSPS) is 11.9. The Morgan fingerprint density at radius 2 is 2.22 bits per heavy atom. The van der Waals surface area contributed by atoms with Crippen molar-refractivity contribution in [1.29, 1.82) is 0 Å². The van der Waals surface area contributed by atoms with Gasteiger partial charge < -0.3 is 15.5 Å². The van der Waals surface area contributed by atoms with Crippen molar-refractivity contribution < 1.29 is 19.9 Å². The molecule has 0 aliphatic carbocycles. The number of hydrogen-bond donors (Lipinski definition) is 3. The molecule has 7 nitrogen and oxygen atoms in total. The van der Waals surface area contributed by atoms with Crippen LogP contribution in [0.4, 0.5) is 11.4 Å². The van der Waals surface area contributed by atoms with Gasteiger partial charge in [-0.25, -0.2) is 4.79 Å². The third kappa shape index (κ3) is 3.70. The van der Waals surface area contributed by atoms with Crippen LogP contribution < -0.4 is 5.32 Å². The van der Waals surface area contributed by atoms with Gasteiger partial charge in [0.05, 0.1) is 16.6 Å². The van der Waals surface area contributed by atoms with Crippen molar-refractivity contribution in [2.75, 3.05) is 11.9 Å². The highest BCUT2D eigenvalue weighted by Crippen LogP contribution is 2.22. The molecular weight excluding hydrogens is 240 g/mol. The van der Waals surface area contributed by atoms with Gasteiger partial charge in [0.25, 0.3) is 5.69 Å². The number of carboxylic acids is 1. The Hall–Kier alpha value is -2.15. The summed E-state index contributed by atoms with van der Waals surface area (Å²) in [6.07, 6.45) is -0.0420. The largest absolute Gasteiger partial charge is 0.478 e. The molecule has 0 aromatic heterocycles. The summed E-state index contributed by atoms with van der Waals surface area (Å²) in [5.41, 5.74) is -0.128. The van der Waals surface area contributed by atoms with E-state index in [1.807, 2.05) is 0 Å². The number of aliphatic hydroxyl groups excluding tert-OH is 1. The fourth-order valence-corrected chi connectivity index (χ4v) is 1.39. The van der Waals surface area contributed by atoms with Crippen LogP contribution in [0.25, 0.3) is 0 Å². The lowest BCUT2D eigenvalue weighted by molar-refractivity contribution is -0.384. The van der Waals surface area contributed by atoms with Crippen LogP contribution in [0.2, 0.25) is 0 Å². The van der Waals surface area contributed by atoms with E-state index in [9.17, 15) is 14.9 Å². The van der Waals surface area contributed by atoms with E-state index in [4.69, 9.17) is 10.2 Å². The Kier molecular flexibility index (Phi) is 4.61. The van der Waals surface area contributed by atoms with Gasteiger partial charge in [-0.2, -0.15) is 0 Å². The number of nitro benzene ring substituents is 1. The topological polar surface area (TPSA) is 113 Å². The Morgan fingerprint density at radius 3 is 2.72 bits per heavy atom. The van der Waals surface area contributed by atoms with Crippen LogP contribution in [0.3, 0.4) is 0 Å². The number of anilines is 1. The van der Waals surface area contributed by atoms with Crippen LogP contribution in [0.5, 0.6) is 0 Å². The molecular formula is C11H14N2O5. The first-order valence-electron chi connectivity index (χ1n) is 5.35. The summed E-state index contributed by atoms with van der Waals surface area (Å²) in [6.45, 7) is 2.01. The molecule has 0 amide bonds. The molecule has 3 N–H and O–H groups in total. The van der Waals surface area contributed by atoms with Gasteiger partial charge in [0, 0.05) is 24.4 Å². The summed E-state index contributed by atoms with van der Waals surface area (Å²) in [6, 6.07) is 3.59. The maximum Gasteiger partial charge on any atom is 0.338 e.